The van der Waals surface area contributed by atoms with Crippen molar-refractivity contribution in [3.63, 3.8) is 0 Å². The summed E-state index contributed by atoms with van der Waals surface area (Å²) in [5, 5.41) is 10.5. The van der Waals surface area contributed by atoms with Crippen molar-refractivity contribution in [3.8, 4) is 0 Å². The number of carboxylic acid groups (broad SMARTS) is 1. The molecule has 0 aromatic carbocycles. The van der Waals surface area contributed by atoms with Crippen LogP contribution in [0.25, 0.3) is 0 Å². The van der Waals surface area contributed by atoms with Gasteiger partial charge in [-0.3, -0.25) is 0 Å². The van der Waals surface area contributed by atoms with Crippen LogP contribution in [0.15, 0.2) is 0 Å². The van der Waals surface area contributed by atoms with E-state index in [1.807, 2.05) is 0 Å². The monoisotopic (exact) mass is 239 g/mol. The number of hydrogen-bond donors (Lipinski definition) is 2. The van der Waals surface area contributed by atoms with Gasteiger partial charge in [0.25, 0.3) is 0 Å². The van der Waals surface area contributed by atoms with Crippen molar-refractivity contribution in [2.45, 2.75) is 42.9 Å². The van der Waals surface area contributed by atoms with Crippen LogP contribution in [0.4, 0.5) is 0 Å². The van der Waals surface area contributed by atoms with Gasteiger partial charge in [0.1, 0.15) is 0 Å². The summed E-state index contributed by atoms with van der Waals surface area (Å²) in [6.45, 7) is 3.72. The molecule has 72 valence electrons. The van der Waals surface area contributed by atoms with E-state index in [1.165, 1.54) is 12.8 Å². The van der Waals surface area contributed by atoms with Crippen molar-refractivity contribution in [2.75, 3.05) is 0 Å². The van der Waals surface area contributed by atoms with Gasteiger partial charge in [-0.1, -0.05) is 0 Å². The van der Waals surface area contributed by atoms with Crippen LogP contribution in [-0.2, 0) is 4.79 Å². The molecule has 0 rings (SSSR count). The maximum atomic E-state index is 10.6. The van der Waals surface area contributed by atoms with Gasteiger partial charge in [0, 0.05) is 0 Å². The first-order chi connectivity index (χ1) is 5.50. The van der Waals surface area contributed by atoms with Crippen molar-refractivity contribution in [3.05, 3.63) is 0 Å². The fourth-order valence-corrected chi connectivity index (χ4v) is 3.08. The summed E-state index contributed by atoms with van der Waals surface area (Å²) in [5.74, 6) is -0.888. The zero-order valence-corrected chi connectivity index (χ0v) is 9.38. The van der Waals surface area contributed by atoms with E-state index in [9.17, 15) is 4.79 Å². The van der Waals surface area contributed by atoms with Crippen LogP contribution < -0.4 is 5.73 Å². The Balaban J connectivity index is 3.54. The third-order valence-electron chi connectivity index (χ3n) is 1.53. The fraction of sp³-hybridized carbons (Fsp3) is 0.875. The molecule has 0 amide bonds. The molecule has 1 atom stereocenters. The Hall–Kier alpha value is -0.0505. The molecule has 0 fully saturated rings. The normalized spacial score (nSPS) is 15.6. The van der Waals surface area contributed by atoms with Crippen LogP contribution in [-0.4, -0.2) is 31.6 Å². The summed E-state index contributed by atoms with van der Waals surface area (Å²) < 4.78 is 0. The summed E-state index contributed by atoms with van der Waals surface area (Å²) >= 11 is 0.387. The molecule has 0 aromatic heterocycles. The number of unbranched alkanes of at least 4 members (excludes halogenated alkanes) is 1. The van der Waals surface area contributed by atoms with Crippen molar-refractivity contribution >= 4 is 20.9 Å². The average Bonchev–Trinajstić information content (AvgIpc) is 1.98. The summed E-state index contributed by atoms with van der Waals surface area (Å²) in [6, 6.07) is 0. The first-order valence-corrected chi connectivity index (χ1v) is 6.53. The Morgan fingerprint density at radius 1 is 1.67 bits per heavy atom. The number of hydrogen-bond acceptors (Lipinski definition) is 2. The van der Waals surface area contributed by atoms with Crippen LogP contribution >= 0.6 is 0 Å². The fourth-order valence-electron chi connectivity index (χ4n) is 0.592. The van der Waals surface area contributed by atoms with Gasteiger partial charge in [-0.25, -0.2) is 0 Å². The standard InChI is InChI=1S/C8H17NO2Se/c1-3-4-5-12-6-8(2,9)7(10)11/h3-6,9H2,1-2H3,(H,10,11). The van der Waals surface area contributed by atoms with Gasteiger partial charge in [-0.05, 0) is 0 Å². The summed E-state index contributed by atoms with van der Waals surface area (Å²) in [4.78, 5) is 10.6. The van der Waals surface area contributed by atoms with Gasteiger partial charge in [0.2, 0.25) is 0 Å². The number of aliphatic carboxylic acids is 1. The zero-order chi connectivity index (χ0) is 9.61. The molecule has 0 heterocycles. The quantitative estimate of drug-likeness (QED) is 0.538. The Morgan fingerprint density at radius 3 is 2.67 bits per heavy atom. The molecule has 0 aliphatic heterocycles. The van der Waals surface area contributed by atoms with Gasteiger partial charge in [-0.2, -0.15) is 0 Å². The topological polar surface area (TPSA) is 63.3 Å². The summed E-state index contributed by atoms with van der Waals surface area (Å²) in [7, 11) is 0. The molecule has 0 radical (unpaired) electrons. The molecule has 0 saturated heterocycles. The van der Waals surface area contributed by atoms with Crippen LogP contribution in [0.3, 0.4) is 0 Å². The molecule has 0 aliphatic carbocycles. The van der Waals surface area contributed by atoms with Gasteiger partial charge in [0.05, 0.1) is 0 Å². The van der Waals surface area contributed by atoms with Gasteiger partial charge < -0.3 is 0 Å². The second-order valence-electron chi connectivity index (χ2n) is 3.13. The Labute approximate surface area is 79.9 Å². The van der Waals surface area contributed by atoms with Crippen molar-refractivity contribution in [2.24, 2.45) is 5.73 Å². The third-order valence-corrected chi connectivity index (χ3v) is 4.43. The predicted octanol–water partition coefficient (Wildman–Crippen LogP) is 1.13. The first kappa shape index (κ1) is 11.9. The van der Waals surface area contributed by atoms with Gasteiger partial charge >= 0.3 is 79.4 Å². The van der Waals surface area contributed by atoms with E-state index in [-0.39, 0.29) is 0 Å². The van der Waals surface area contributed by atoms with Crippen LogP contribution in [0.5, 0.6) is 0 Å². The molecule has 0 bridgehead atoms. The second kappa shape index (κ2) is 5.57. The Morgan fingerprint density at radius 2 is 2.25 bits per heavy atom. The summed E-state index contributed by atoms with van der Waals surface area (Å²) in [6.07, 6.45) is 2.37. The molecule has 0 aromatic rings. The van der Waals surface area contributed by atoms with E-state index >= 15 is 0 Å². The molecule has 1 unspecified atom stereocenters. The van der Waals surface area contributed by atoms with E-state index < -0.39 is 11.5 Å². The minimum atomic E-state index is -1.01. The average molecular weight is 238 g/mol. The Bertz CT molecular complexity index is 148. The summed E-state index contributed by atoms with van der Waals surface area (Å²) in [5.41, 5.74) is 4.55. The number of carbonyl (C=O) groups is 1. The number of carboxylic acids is 1. The molecule has 4 heteroatoms. The molecule has 0 saturated carbocycles. The van der Waals surface area contributed by atoms with Crippen molar-refractivity contribution < 1.29 is 9.90 Å². The van der Waals surface area contributed by atoms with Crippen molar-refractivity contribution in [1.82, 2.24) is 0 Å². The minimum absolute atomic E-state index is 0.387. The van der Waals surface area contributed by atoms with E-state index in [0.717, 1.165) is 5.32 Å². The van der Waals surface area contributed by atoms with Crippen molar-refractivity contribution in [1.29, 1.82) is 0 Å². The van der Waals surface area contributed by atoms with E-state index in [2.05, 4.69) is 6.92 Å². The van der Waals surface area contributed by atoms with Crippen LogP contribution in [0, 0.1) is 0 Å². The van der Waals surface area contributed by atoms with E-state index in [4.69, 9.17) is 10.8 Å². The number of nitrogens with two attached hydrogens (primary N) is 1. The van der Waals surface area contributed by atoms with Gasteiger partial charge in [-0.15, -0.1) is 0 Å². The SMILES string of the molecule is CCCC[Se]CC(C)(N)C(=O)O. The molecule has 0 spiro atoms. The molecule has 3 N–H and O–H groups in total. The van der Waals surface area contributed by atoms with E-state index in [1.54, 1.807) is 6.92 Å². The zero-order valence-electron chi connectivity index (χ0n) is 7.67. The molecule has 3 nitrogen and oxygen atoms in total. The molecular formula is C8H17NO2Se. The molecule has 0 aliphatic rings. The van der Waals surface area contributed by atoms with Crippen LogP contribution in [0.1, 0.15) is 26.7 Å². The Kier molecular flexibility index (Phi) is 5.55. The molecule has 12 heavy (non-hydrogen) atoms. The number of rotatable bonds is 6. The van der Waals surface area contributed by atoms with E-state index in [0.29, 0.717) is 20.3 Å². The maximum absolute atomic E-state index is 10.6. The second-order valence-corrected chi connectivity index (χ2v) is 5.45. The third kappa shape index (κ3) is 4.75. The molecular weight excluding hydrogens is 221 g/mol. The van der Waals surface area contributed by atoms with Crippen LogP contribution in [0.2, 0.25) is 10.6 Å². The first-order valence-electron chi connectivity index (χ1n) is 4.10. The van der Waals surface area contributed by atoms with Gasteiger partial charge in [0.15, 0.2) is 0 Å². The predicted molar refractivity (Wildman–Crippen MR) is 50.5 cm³/mol.